The minimum Gasteiger partial charge on any atom is -0.442 e. The first-order valence-corrected chi connectivity index (χ1v) is 12.1. The van der Waals surface area contributed by atoms with E-state index < -0.39 is 5.60 Å². The van der Waals surface area contributed by atoms with Crippen LogP contribution >= 0.6 is 10.5 Å². The summed E-state index contributed by atoms with van der Waals surface area (Å²) >= 11 is 0. The van der Waals surface area contributed by atoms with Gasteiger partial charge in [0.2, 0.25) is 0 Å². The average Bonchev–Trinajstić information content (AvgIpc) is 3.46. The molecule has 2 nitrogen and oxygen atoms in total. The van der Waals surface area contributed by atoms with Crippen molar-refractivity contribution in [3.63, 3.8) is 0 Å². The summed E-state index contributed by atoms with van der Waals surface area (Å²) in [7, 11) is -0.242. The molecule has 0 aliphatic heterocycles. The van der Waals surface area contributed by atoms with Gasteiger partial charge in [-0.2, -0.15) is 0 Å². The number of thiophene rings is 1. The fraction of sp³-hybridized carbons (Fsp3) is 0.250. The highest BCUT2D eigenvalue weighted by Crippen LogP contribution is 2.48. The molecule has 1 saturated carbocycles. The zero-order valence-corrected chi connectivity index (χ0v) is 18.5. The maximum Gasteiger partial charge on any atom is 0.339 e. The third-order valence-electron chi connectivity index (χ3n) is 6.54. The molecule has 0 spiro atoms. The van der Waals surface area contributed by atoms with E-state index in [9.17, 15) is 4.79 Å². The van der Waals surface area contributed by atoms with Gasteiger partial charge in [-0.25, -0.2) is 4.79 Å². The van der Waals surface area contributed by atoms with Crippen LogP contribution in [0.25, 0.3) is 25.1 Å². The van der Waals surface area contributed by atoms with Crippen LogP contribution in [0.2, 0.25) is 0 Å². The highest BCUT2D eigenvalue weighted by molar-refractivity contribution is 7.50. The van der Waals surface area contributed by atoms with E-state index in [1.807, 2.05) is 25.1 Å². The van der Waals surface area contributed by atoms with Crippen molar-refractivity contribution >= 4 is 36.6 Å². The third kappa shape index (κ3) is 3.42. The number of fused-ring (bicyclic) bond motifs is 3. The number of carbonyl (C=O) groups is 1. The number of hydrogen-bond acceptors (Lipinski definition) is 2. The van der Waals surface area contributed by atoms with Gasteiger partial charge in [-0.3, -0.25) is 0 Å². The second-order valence-electron chi connectivity index (χ2n) is 8.45. The minimum atomic E-state index is -0.849. The summed E-state index contributed by atoms with van der Waals surface area (Å²) in [5, 5.41) is 2.55. The molecule has 1 aliphatic rings. The molecule has 1 heterocycles. The molecule has 1 fully saturated rings. The molecular formula is C28H25O2S+. The summed E-state index contributed by atoms with van der Waals surface area (Å²) in [5.74, 6) is 2.68. The minimum absolute atomic E-state index is 0.236. The molecule has 0 radical (unpaired) electrons. The first-order chi connectivity index (χ1) is 15.1. The van der Waals surface area contributed by atoms with E-state index in [2.05, 4.69) is 60.5 Å². The Morgan fingerprint density at radius 1 is 0.968 bits per heavy atom. The highest BCUT2D eigenvalue weighted by Gasteiger charge is 2.38. The normalized spacial score (nSPS) is 16.3. The van der Waals surface area contributed by atoms with Crippen molar-refractivity contribution in [2.75, 3.05) is 0 Å². The highest BCUT2D eigenvalue weighted by atomic mass is 32.2. The number of benzene rings is 3. The zero-order valence-electron chi connectivity index (χ0n) is 17.6. The molecule has 4 aromatic rings. The SMILES string of the molecule is C#CC(C)(OC(=O)c1cccc(-[s+]2c3ccccc3c3ccccc32)c1)C1CCCC1. The van der Waals surface area contributed by atoms with Crippen LogP contribution in [0, 0.1) is 18.3 Å². The first kappa shape index (κ1) is 19.8. The van der Waals surface area contributed by atoms with E-state index in [4.69, 9.17) is 11.2 Å². The van der Waals surface area contributed by atoms with E-state index in [0.29, 0.717) is 5.56 Å². The van der Waals surface area contributed by atoms with Gasteiger partial charge in [0.25, 0.3) is 0 Å². The van der Waals surface area contributed by atoms with Gasteiger partial charge in [0, 0.05) is 33.2 Å². The topological polar surface area (TPSA) is 26.3 Å². The van der Waals surface area contributed by atoms with Crippen molar-refractivity contribution in [3.05, 3.63) is 78.4 Å². The Kier molecular flexibility index (Phi) is 5.04. The van der Waals surface area contributed by atoms with Crippen LogP contribution in [0.4, 0.5) is 0 Å². The van der Waals surface area contributed by atoms with E-state index in [-0.39, 0.29) is 22.4 Å². The van der Waals surface area contributed by atoms with Crippen molar-refractivity contribution in [2.45, 2.75) is 38.2 Å². The van der Waals surface area contributed by atoms with Crippen molar-refractivity contribution in [1.29, 1.82) is 0 Å². The van der Waals surface area contributed by atoms with Crippen molar-refractivity contribution in [1.82, 2.24) is 0 Å². The third-order valence-corrected chi connectivity index (χ3v) is 8.85. The van der Waals surface area contributed by atoms with Crippen molar-refractivity contribution < 1.29 is 9.53 Å². The Morgan fingerprint density at radius 2 is 1.58 bits per heavy atom. The zero-order chi connectivity index (χ0) is 21.4. The van der Waals surface area contributed by atoms with Gasteiger partial charge in [0.05, 0.1) is 5.56 Å². The number of terminal acetylenes is 1. The van der Waals surface area contributed by atoms with Gasteiger partial charge >= 0.3 is 5.97 Å². The first-order valence-electron chi connectivity index (χ1n) is 10.8. The maximum absolute atomic E-state index is 13.1. The maximum atomic E-state index is 13.1. The molecule has 3 aromatic carbocycles. The van der Waals surface area contributed by atoms with Crippen molar-refractivity contribution in [3.8, 4) is 17.2 Å². The summed E-state index contributed by atoms with van der Waals surface area (Å²) in [4.78, 5) is 14.2. The van der Waals surface area contributed by atoms with Gasteiger partial charge in [-0.1, -0.05) is 49.1 Å². The Labute approximate surface area is 185 Å². The summed E-state index contributed by atoms with van der Waals surface area (Å²) in [6.45, 7) is 1.88. The lowest BCUT2D eigenvalue weighted by Gasteiger charge is -2.30. The number of hydrogen-bond donors (Lipinski definition) is 0. The lowest BCUT2D eigenvalue weighted by Crippen LogP contribution is -2.37. The predicted octanol–water partition coefficient (Wildman–Crippen LogP) is 7.47. The van der Waals surface area contributed by atoms with Crippen LogP contribution in [0.3, 0.4) is 0 Å². The molecule has 1 unspecified atom stereocenters. The average molecular weight is 426 g/mol. The fourth-order valence-electron chi connectivity index (χ4n) is 4.82. The van der Waals surface area contributed by atoms with Gasteiger partial charge in [0.15, 0.2) is 19.9 Å². The number of carbonyl (C=O) groups excluding carboxylic acids is 1. The summed E-state index contributed by atoms with van der Waals surface area (Å²) < 4.78 is 8.54. The van der Waals surface area contributed by atoms with E-state index in [1.165, 1.54) is 20.2 Å². The van der Waals surface area contributed by atoms with Gasteiger partial charge < -0.3 is 4.74 Å². The van der Waals surface area contributed by atoms with Crippen LogP contribution in [0.15, 0.2) is 72.8 Å². The van der Waals surface area contributed by atoms with E-state index in [1.54, 1.807) is 0 Å². The Hall–Kier alpha value is -3.09. The second-order valence-corrected chi connectivity index (χ2v) is 10.4. The smallest absolute Gasteiger partial charge is 0.339 e. The molecule has 31 heavy (non-hydrogen) atoms. The fourth-order valence-corrected chi connectivity index (χ4v) is 7.24. The van der Waals surface area contributed by atoms with Gasteiger partial charge in [-0.05, 0) is 56.2 Å². The Balaban J connectivity index is 1.56. The molecule has 1 aliphatic carbocycles. The molecule has 0 N–H and O–H groups in total. The number of ether oxygens (including phenoxy) is 1. The quantitative estimate of drug-likeness (QED) is 0.193. The summed E-state index contributed by atoms with van der Waals surface area (Å²) in [5.41, 5.74) is -0.287. The summed E-state index contributed by atoms with van der Waals surface area (Å²) in [6, 6.07) is 25.0. The van der Waals surface area contributed by atoms with Crippen LogP contribution in [0.5, 0.6) is 0 Å². The van der Waals surface area contributed by atoms with E-state index in [0.717, 1.165) is 30.6 Å². The second kappa shape index (κ2) is 7.87. The van der Waals surface area contributed by atoms with Crippen LogP contribution < -0.4 is 0 Å². The monoisotopic (exact) mass is 425 g/mol. The van der Waals surface area contributed by atoms with Crippen molar-refractivity contribution in [2.24, 2.45) is 5.92 Å². The van der Waals surface area contributed by atoms with E-state index >= 15 is 0 Å². The molecule has 154 valence electrons. The lowest BCUT2D eigenvalue weighted by molar-refractivity contribution is -0.00788. The molecule has 1 aromatic heterocycles. The van der Waals surface area contributed by atoms with Crippen LogP contribution in [-0.4, -0.2) is 11.6 Å². The number of esters is 1. The summed E-state index contributed by atoms with van der Waals surface area (Å²) in [6.07, 6.45) is 10.2. The molecule has 1 atom stereocenters. The molecule has 0 amide bonds. The molecule has 0 bridgehead atoms. The predicted molar refractivity (Wildman–Crippen MR) is 130 cm³/mol. The van der Waals surface area contributed by atoms with Crippen LogP contribution in [0.1, 0.15) is 43.0 Å². The molecule has 0 saturated heterocycles. The Morgan fingerprint density at radius 3 is 2.19 bits per heavy atom. The number of rotatable bonds is 4. The molecular weight excluding hydrogens is 400 g/mol. The lowest BCUT2D eigenvalue weighted by atomic mass is 9.88. The van der Waals surface area contributed by atoms with Crippen LogP contribution in [-0.2, 0) is 4.74 Å². The largest absolute Gasteiger partial charge is 0.442 e. The Bertz CT molecular complexity index is 1270. The van der Waals surface area contributed by atoms with Gasteiger partial charge in [-0.15, -0.1) is 6.42 Å². The molecule has 5 rings (SSSR count). The standard InChI is InChI=1S/C28H25O2S/c1-3-28(2,21-12-4-5-13-21)30-27(29)20-11-10-14-22(19-20)31-25-17-8-6-15-23(25)24-16-7-9-18-26(24)31/h1,6-11,14-19,21H,4-5,12-13H2,2H3/q+1. The van der Waals surface area contributed by atoms with Gasteiger partial charge in [0.1, 0.15) is 0 Å². The molecule has 3 heteroatoms.